The van der Waals surface area contributed by atoms with E-state index in [0.29, 0.717) is 6.04 Å². The zero-order chi connectivity index (χ0) is 19.7. The SMILES string of the molecule is CN(Cc1ccc2c(c1)OCO2)C1CCN(c2ccc(NS(=O)(=O)[O-])cc2)C1.[Na+]. The van der Waals surface area contributed by atoms with E-state index in [1.165, 1.54) is 5.56 Å². The van der Waals surface area contributed by atoms with E-state index >= 15 is 0 Å². The molecular formula is C19H22N3NaO5S. The van der Waals surface area contributed by atoms with Gasteiger partial charge in [-0.2, -0.15) is 0 Å². The van der Waals surface area contributed by atoms with Crippen LogP contribution in [0.1, 0.15) is 12.0 Å². The van der Waals surface area contributed by atoms with Crippen molar-refractivity contribution in [2.24, 2.45) is 0 Å². The fourth-order valence-corrected chi connectivity index (χ4v) is 4.10. The maximum Gasteiger partial charge on any atom is 1.00 e. The Bertz CT molecular complexity index is 955. The molecule has 150 valence electrons. The van der Waals surface area contributed by atoms with E-state index in [-0.39, 0.29) is 42.0 Å². The van der Waals surface area contributed by atoms with Crippen LogP contribution in [0.2, 0.25) is 0 Å². The van der Waals surface area contributed by atoms with Gasteiger partial charge in [-0.3, -0.25) is 9.62 Å². The number of anilines is 2. The molecule has 0 saturated carbocycles. The van der Waals surface area contributed by atoms with Crippen LogP contribution in [0, 0.1) is 0 Å². The number of rotatable bonds is 6. The van der Waals surface area contributed by atoms with Crippen LogP contribution in [0.4, 0.5) is 11.4 Å². The third-order valence-electron chi connectivity index (χ3n) is 5.13. The average Bonchev–Trinajstić information content (AvgIpc) is 3.30. The molecule has 0 amide bonds. The minimum absolute atomic E-state index is 0. The van der Waals surface area contributed by atoms with E-state index in [2.05, 4.69) is 22.9 Å². The fraction of sp³-hybridized carbons (Fsp3) is 0.368. The Morgan fingerprint density at radius 1 is 1.17 bits per heavy atom. The smallest absolute Gasteiger partial charge is 0.731 e. The quantitative estimate of drug-likeness (QED) is 0.467. The van der Waals surface area contributed by atoms with Crippen LogP contribution in [0.15, 0.2) is 42.5 Å². The average molecular weight is 427 g/mol. The van der Waals surface area contributed by atoms with Crippen LogP contribution < -0.4 is 48.7 Å². The Labute approximate surface area is 193 Å². The van der Waals surface area contributed by atoms with Gasteiger partial charge in [0, 0.05) is 37.1 Å². The molecule has 2 aliphatic rings. The molecule has 1 saturated heterocycles. The van der Waals surface area contributed by atoms with E-state index in [1.807, 2.05) is 29.0 Å². The van der Waals surface area contributed by atoms with Gasteiger partial charge in [0.05, 0.1) is 0 Å². The summed E-state index contributed by atoms with van der Waals surface area (Å²) in [6.07, 6.45) is 1.04. The van der Waals surface area contributed by atoms with Crippen molar-refractivity contribution < 1.29 is 52.0 Å². The number of likely N-dealkylation sites (N-methyl/N-ethyl adjacent to an activating group) is 1. The van der Waals surface area contributed by atoms with Gasteiger partial charge >= 0.3 is 29.6 Å². The number of fused-ring (bicyclic) bond motifs is 1. The topological polar surface area (TPSA) is 94.2 Å². The van der Waals surface area contributed by atoms with Gasteiger partial charge in [-0.25, -0.2) is 8.42 Å². The molecule has 1 unspecified atom stereocenters. The molecule has 2 aromatic carbocycles. The minimum atomic E-state index is -4.50. The van der Waals surface area contributed by atoms with Crippen molar-refractivity contribution in [3.05, 3.63) is 48.0 Å². The molecule has 1 fully saturated rings. The Morgan fingerprint density at radius 3 is 2.62 bits per heavy atom. The summed E-state index contributed by atoms with van der Waals surface area (Å²) >= 11 is 0. The van der Waals surface area contributed by atoms with E-state index in [1.54, 1.807) is 12.1 Å². The van der Waals surface area contributed by atoms with Crippen LogP contribution >= 0.6 is 0 Å². The van der Waals surface area contributed by atoms with Crippen molar-refractivity contribution in [1.82, 2.24) is 4.90 Å². The number of nitrogens with one attached hydrogen (secondary N) is 1. The summed E-state index contributed by atoms with van der Waals surface area (Å²) in [6, 6.07) is 13.3. The van der Waals surface area contributed by atoms with Crippen LogP contribution in [0.5, 0.6) is 11.5 Å². The van der Waals surface area contributed by atoms with Gasteiger partial charge < -0.3 is 18.9 Å². The van der Waals surface area contributed by atoms with Gasteiger partial charge in [0.15, 0.2) is 21.8 Å². The molecule has 10 heteroatoms. The van der Waals surface area contributed by atoms with E-state index < -0.39 is 10.3 Å². The maximum absolute atomic E-state index is 10.8. The van der Waals surface area contributed by atoms with Crippen molar-refractivity contribution in [1.29, 1.82) is 0 Å². The number of ether oxygens (including phenoxy) is 2. The number of nitrogens with zero attached hydrogens (tertiary/aromatic N) is 2. The summed E-state index contributed by atoms with van der Waals surface area (Å²) in [4.78, 5) is 4.59. The molecule has 0 aromatic heterocycles. The van der Waals surface area contributed by atoms with Gasteiger partial charge in [0.1, 0.15) is 0 Å². The minimum Gasteiger partial charge on any atom is -0.731 e. The zero-order valence-electron chi connectivity index (χ0n) is 16.5. The molecule has 4 rings (SSSR count). The molecule has 0 bridgehead atoms. The molecule has 2 aliphatic heterocycles. The van der Waals surface area contributed by atoms with Crippen molar-refractivity contribution >= 4 is 21.7 Å². The van der Waals surface area contributed by atoms with Gasteiger partial charge in [0.2, 0.25) is 6.79 Å². The first-order valence-electron chi connectivity index (χ1n) is 9.05. The van der Waals surface area contributed by atoms with E-state index in [0.717, 1.165) is 43.2 Å². The summed E-state index contributed by atoms with van der Waals surface area (Å²) in [6.45, 7) is 2.90. The van der Waals surface area contributed by atoms with Gasteiger partial charge in [-0.05, 0) is 55.4 Å². The standard InChI is InChI=1S/C19H23N3O5S.Na/c1-21(11-14-2-7-18-19(10-14)27-13-26-18)17-8-9-22(12-17)16-5-3-15(4-6-16)20-28(23,24)25;/h2-7,10,17,20H,8-9,11-13H2,1H3,(H,23,24,25);/q;+1/p-1. The first-order valence-corrected chi connectivity index (χ1v) is 10.5. The Balaban J connectivity index is 0.00000240. The molecule has 2 aromatic rings. The summed E-state index contributed by atoms with van der Waals surface area (Å²) in [5, 5.41) is 0. The Hall–Kier alpha value is -1.49. The van der Waals surface area contributed by atoms with E-state index in [9.17, 15) is 13.0 Å². The van der Waals surface area contributed by atoms with Gasteiger partial charge in [-0.1, -0.05) is 6.07 Å². The van der Waals surface area contributed by atoms with Crippen molar-refractivity contribution in [3.8, 4) is 11.5 Å². The second-order valence-electron chi connectivity index (χ2n) is 7.09. The summed E-state index contributed by atoms with van der Waals surface area (Å²) < 4.78 is 45.1. The summed E-state index contributed by atoms with van der Waals surface area (Å²) in [7, 11) is -2.38. The van der Waals surface area contributed by atoms with Gasteiger partial charge in [-0.15, -0.1) is 0 Å². The Morgan fingerprint density at radius 2 is 1.90 bits per heavy atom. The second kappa shape index (κ2) is 9.11. The predicted octanol–water partition coefficient (Wildman–Crippen LogP) is -0.998. The van der Waals surface area contributed by atoms with Crippen molar-refractivity contribution in [2.45, 2.75) is 19.0 Å². The molecule has 0 spiro atoms. The van der Waals surface area contributed by atoms with Crippen LogP contribution in [0.3, 0.4) is 0 Å². The number of benzene rings is 2. The first-order chi connectivity index (χ1) is 13.4. The fourth-order valence-electron chi connectivity index (χ4n) is 3.68. The van der Waals surface area contributed by atoms with Crippen LogP contribution in [0.25, 0.3) is 0 Å². The predicted molar refractivity (Wildman–Crippen MR) is 104 cm³/mol. The zero-order valence-corrected chi connectivity index (χ0v) is 19.3. The molecule has 8 nitrogen and oxygen atoms in total. The Kier molecular flexibility index (Phi) is 6.98. The van der Waals surface area contributed by atoms with E-state index in [4.69, 9.17) is 9.47 Å². The van der Waals surface area contributed by atoms with Gasteiger partial charge in [0.25, 0.3) is 0 Å². The molecule has 1 N–H and O–H groups in total. The molecule has 1 atom stereocenters. The largest absolute Gasteiger partial charge is 1.00 e. The molecular weight excluding hydrogens is 405 g/mol. The molecule has 0 aliphatic carbocycles. The molecule has 29 heavy (non-hydrogen) atoms. The van der Waals surface area contributed by atoms with Crippen molar-refractivity contribution in [3.63, 3.8) is 0 Å². The third kappa shape index (κ3) is 5.56. The molecule has 0 radical (unpaired) electrons. The maximum atomic E-state index is 10.8. The number of hydrogen-bond donors (Lipinski definition) is 1. The first kappa shape index (κ1) is 22.2. The summed E-state index contributed by atoms with van der Waals surface area (Å²) in [5.41, 5.74) is 2.46. The molecule has 2 heterocycles. The normalized spacial score (nSPS) is 18.0. The number of hydrogen-bond acceptors (Lipinski definition) is 7. The second-order valence-corrected chi connectivity index (χ2v) is 8.21. The summed E-state index contributed by atoms with van der Waals surface area (Å²) in [5.74, 6) is 1.59. The third-order valence-corrected chi connectivity index (χ3v) is 5.62. The monoisotopic (exact) mass is 427 g/mol. The van der Waals surface area contributed by atoms with Crippen molar-refractivity contribution in [2.75, 3.05) is 36.6 Å². The van der Waals surface area contributed by atoms with Crippen LogP contribution in [-0.2, 0) is 16.8 Å². The van der Waals surface area contributed by atoms with Crippen LogP contribution in [-0.4, -0.2) is 50.8 Å².